The Morgan fingerprint density at radius 2 is 2.28 bits per heavy atom. The van der Waals surface area contributed by atoms with Crippen LogP contribution in [0.1, 0.15) is 21.6 Å². The maximum absolute atomic E-state index is 12.3. The zero-order valence-electron chi connectivity index (χ0n) is 10.4. The lowest BCUT2D eigenvalue weighted by Crippen LogP contribution is -2.27. The van der Waals surface area contributed by atoms with Gasteiger partial charge in [-0.15, -0.1) is 11.3 Å². The topological polar surface area (TPSA) is 59.2 Å². The van der Waals surface area contributed by atoms with Crippen molar-refractivity contribution in [1.29, 1.82) is 0 Å². The molecule has 0 fully saturated rings. The molecule has 1 aromatic heterocycles. The van der Waals surface area contributed by atoms with Gasteiger partial charge in [-0.3, -0.25) is 4.79 Å². The summed E-state index contributed by atoms with van der Waals surface area (Å²) in [4.78, 5) is 18.1. The van der Waals surface area contributed by atoms with Crippen LogP contribution in [0, 0.1) is 6.92 Å². The Bertz CT molecular complexity index is 551. The van der Waals surface area contributed by atoms with Gasteiger partial charge in [-0.25, -0.2) is 4.98 Å². The van der Waals surface area contributed by atoms with Crippen molar-refractivity contribution < 1.29 is 4.79 Å². The lowest BCUT2D eigenvalue weighted by atomic mass is 10.1. The zero-order chi connectivity index (χ0) is 13.1. The van der Waals surface area contributed by atoms with Crippen molar-refractivity contribution in [2.24, 2.45) is 0 Å². The molecule has 0 spiro atoms. The first-order chi connectivity index (χ1) is 8.59. The normalized spacial score (nSPS) is 10.3. The van der Waals surface area contributed by atoms with Crippen LogP contribution in [0.3, 0.4) is 0 Å². The Labute approximate surface area is 110 Å². The molecule has 0 atom stereocenters. The van der Waals surface area contributed by atoms with Crippen molar-refractivity contribution in [2.45, 2.75) is 13.5 Å². The third kappa shape index (κ3) is 2.51. The third-order valence-electron chi connectivity index (χ3n) is 2.84. The second-order valence-corrected chi connectivity index (χ2v) is 4.88. The molecule has 0 saturated carbocycles. The number of rotatable bonds is 3. The molecule has 0 saturated heterocycles. The third-order valence-corrected chi connectivity index (χ3v) is 3.47. The van der Waals surface area contributed by atoms with Gasteiger partial charge in [-0.2, -0.15) is 0 Å². The van der Waals surface area contributed by atoms with E-state index < -0.39 is 0 Å². The van der Waals surface area contributed by atoms with E-state index >= 15 is 0 Å². The number of nitrogens with two attached hydrogens (primary N) is 1. The summed E-state index contributed by atoms with van der Waals surface area (Å²) in [5.74, 6) is -0.0344. The van der Waals surface area contributed by atoms with Gasteiger partial charge in [-0.1, -0.05) is 6.07 Å². The van der Waals surface area contributed by atoms with E-state index in [0.29, 0.717) is 17.8 Å². The highest BCUT2D eigenvalue weighted by molar-refractivity contribution is 7.07. The predicted molar refractivity (Wildman–Crippen MR) is 73.5 cm³/mol. The van der Waals surface area contributed by atoms with E-state index in [1.165, 1.54) is 11.3 Å². The lowest BCUT2D eigenvalue weighted by Gasteiger charge is -2.17. The molecule has 5 heteroatoms. The molecular formula is C13H15N3OS. The van der Waals surface area contributed by atoms with E-state index in [9.17, 15) is 4.79 Å². The molecule has 0 aliphatic heterocycles. The second kappa shape index (κ2) is 5.18. The molecule has 1 aromatic carbocycles. The van der Waals surface area contributed by atoms with Crippen LogP contribution in [0.4, 0.5) is 5.69 Å². The number of thiazole rings is 1. The SMILES string of the molecule is Cc1c(N)cccc1C(=O)N(C)Cc1cscn1. The summed E-state index contributed by atoms with van der Waals surface area (Å²) in [6.07, 6.45) is 0. The van der Waals surface area contributed by atoms with Crippen molar-refractivity contribution >= 4 is 22.9 Å². The molecule has 2 rings (SSSR count). The molecule has 0 aliphatic carbocycles. The highest BCUT2D eigenvalue weighted by atomic mass is 32.1. The molecule has 1 heterocycles. The van der Waals surface area contributed by atoms with Gasteiger partial charge in [-0.05, 0) is 24.6 Å². The van der Waals surface area contributed by atoms with Crippen LogP contribution in [0.25, 0.3) is 0 Å². The van der Waals surface area contributed by atoms with E-state index in [1.807, 2.05) is 12.3 Å². The number of carbonyl (C=O) groups excluding carboxylic acids is 1. The maximum Gasteiger partial charge on any atom is 0.254 e. The first kappa shape index (κ1) is 12.6. The zero-order valence-corrected chi connectivity index (χ0v) is 11.2. The van der Waals surface area contributed by atoms with Gasteiger partial charge in [0.25, 0.3) is 5.91 Å². The molecule has 2 aromatic rings. The minimum absolute atomic E-state index is 0.0344. The average molecular weight is 261 g/mol. The van der Waals surface area contributed by atoms with Gasteiger partial charge in [0, 0.05) is 23.7 Å². The number of carbonyl (C=O) groups is 1. The summed E-state index contributed by atoms with van der Waals surface area (Å²) in [5.41, 5.74) is 10.6. The summed E-state index contributed by atoms with van der Waals surface area (Å²) in [6.45, 7) is 2.37. The van der Waals surface area contributed by atoms with Gasteiger partial charge in [0.2, 0.25) is 0 Å². The van der Waals surface area contributed by atoms with E-state index in [0.717, 1.165) is 11.3 Å². The number of amides is 1. The molecule has 4 nitrogen and oxygen atoms in total. The van der Waals surface area contributed by atoms with Crippen LogP contribution in [-0.2, 0) is 6.54 Å². The average Bonchev–Trinajstić information content (AvgIpc) is 2.84. The van der Waals surface area contributed by atoms with E-state index in [-0.39, 0.29) is 5.91 Å². The van der Waals surface area contributed by atoms with Gasteiger partial charge in [0.1, 0.15) is 0 Å². The smallest absolute Gasteiger partial charge is 0.254 e. The number of aromatic nitrogens is 1. The minimum atomic E-state index is -0.0344. The standard InChI is InChI=1S/C13H15N3OS/c1-9-11(4-3-5-12(9)14)13(17)16(2)6-10-7-18-8-15-10/h3-5,7-8H,6,14H2,1-2H3. The molecule has 94 valence electrons. The molecule has 2 N–H and O–H groups in total. The molecule has 0 bridgehead atoms. The quantitative estimate of drug-likeness (QED) is 0.862. The van der Waals surface area contributed by atoms with Crippen molar-refractivity contribution in [1.82, 2.24) is 9.88 Å². The summed E-state index contributed by atoms with van der Waals surface area (Å²) in [7, 11) is 1.77. The second-order valence-electron chi connectivity index (χ2n) is 4.16. The van der Waals surface area contributed by atoms with Crippen LogP contribution < -0.4 is 5.73 Å². The summed E-state index contributed by atoms with van der Waals surface area (Å²) >= 11 is 1.53. The van der Waals surface area contributed by atoms with E-state index in [1.54, 1.807) is 35.7 Å². The molecule has 1 amide bonds. The molecular weight excluding hydrogens is 246 g/mol. The van der Waals surface area contributed by atoms with Crippen molar-refractivity contribution in [3.8, 4) is 0 Å². The Balaban J connectivity index is 2.18. The minimum Gasteiger partial charge on any atom is -0.398 e. The van der Waals surface area contributed by atoms with Gasteiger partial charge >= 0.3 is 0 Å². The summed E-state index contributed by atoms with van der Waals surface area (Å²) < 4.78 is 0. The van der Waals surface area contributed by atoms with Crippen LogP contribution in [-0.4, -0.2) is 22.8 Å². The van der Waals surface area contributed by atoms with Crippen molar-refractivity contribution in [2.75, 3.05) is 12.8 Å². The maximum atomic E-state index is 12.3. The van der Waals surface area contributed by atoms with E-state index in [2.05, 4.69) is 4.98 Å². The number of anilines is 1. The highest BCUT2D eigenvalue weighted by Gasteiger charge is 2.15. The van der Waals surface area contributed by atoms with Crippen molar-refractivity contribution in [3.63, 3.8) is 0 Å². The first-order valence-corrected chi connectivity index (χ1v) is 6.51. The highest BCUT2D eigenvalue weighted by Crippen LogP contribution is 2.17. The van der Waals surface area contributed by atoms with Crippen LogP contribution in [0.15, 0.2) is 29.1 Å². The van der Waals surface area contributed by atoms with Crippen molar-refractivity contribution in [3.05, 3.63) is 45.9 Å². The fourth-order valence-electron chi connectivity index (χ4n) is 1.72. The van der Waals surface area contributed by atoms with Crippen LogP contribution in [0.2, 0.25) is 0 Å². The Morgan fingerprint density at radius 1 is 1.50 bits per heavy atom. The van der Waals surface area contributed by atoms with Crippen LogP contribution in [0.5, 0.6) is 0 Å². The first-order valence-electron chi connectivity index (χ1n) is 5.57. The van der Waals surface area contributed by atoms with Gasteiger partial charge < -0.3 is 10.6 Å². The molecule has 0 aliphatic rings. The number of hydrogen-bond donors (Lipinski definition) is 1. The lowest BCUT2D eigenvalue weighted by molar-refractivity contribution is 0.0783. The van der Waals surface area contributed by atoms with Gasteiger partial charge in [0.05, 0.1) is 17.7 Å². The Hall–Kier alpha value is -1.88. The Morgan fingerprint density at radius 3 is 2.94 bits per heavy atom. The summed E-state index contributed by atoms with van der Waals surface area (Å²) in [6, 6.07) is 5.39. The van der Waals surface area contributed by atoms with E-state index in [4.69, 9.17) is 5.73 Å². The van der Waals surface area contributed by atoms with Gasteiger partial charge in [0.15, 0.2) is 0 Å². The Kier molecular flexibility index (Phi) is 3.62. The monoisotopic (exact) mass is 261 g/mol. The number of nitrogen functional groups attached to an aromatic ring is 1. The number of benzene rings is 1. The van der Waals surface area contributed by atoms with Crippen LogP contribution >= 0.6 is 11.3 Å². The molecule has 0 unspecified atom stereocenters. The molecule has 18 heavy (non-hydrogen) atoms. The molecule has 0 radical (unpaired) electrons. The summed E-state index contributed by atoms with van der Waals surface area (Å²) in [5, 5.41) is 1.94. The number of nitrogens with zero attached hydrogens (tertiary/aromatic N) is 2. The largest absolute Gasteiger partial charge is 0.398 e. The predicted octanol–water partition coefficient (Wildman–Crippen LogP) is 2.31. The fourth-order valence-corrected chi connectivity index (χ4v) is 2.27. The fraction of sp³-hybridized carbons (Fsp3) is 0.231. The number of hydrogen-bond acceptors (Lipinski definition) is 4.